The van der Waals surface area contributed by atoms with Crippen LogP contribution in [0.2, 0.25) is 0 Å². The third-order valence-corrected chi connectivity index (χ3v) is 5.69. The number of para-hydroxylation sites is 1. The van der Waals surface area contributed by atoms with Gasteiger partial charge in [0.05, 0.1) is 11.8 Å². The van der Waals surface area contributed by atoms with Crippen molar-refractivity contribution in [1.29, 1.82) is 5.26 Å². The van der Waals surface area contributed by atoms with Crippen molar-refractivity contribution in [2.75, 3.05) is 11.9 Å². The van der Waals surface area contributed by atoms with E-state index in [9.17, 15) is 14.9 Å². The van der Waals surface area contributed by atoms with E-state index in [1.54, 1.807) is 42.6 Å². The van der Waals surface area contributed by atoms with Gasteiger partial charge in [-0.15, -0.1) is 0 Å². The molecule has 4 aromatic rings. The molecule has 2 aromatic carbocycles. The Morgan fingerprint density at radius 2 is 1.78 bits per heavy atom. The van der Waals surface area contributed by atoms with Crippen LogP contribution in [0.25, 0.3) is 0 Å². The van der Waals surface area contributed by atoms with Gasteiger partial charge in [0.1, 0.15) is 28.9 Å². The van der Waals surface area contributed by atoms with Crippen molar-refractivity contribution in [3.05, 3.63) is 107 Å². The van der Waals surface area contributed by atoms with Gasteiger partial charge in [0.15, 0.2) is 6.61 Å². The van der Waals surface area contributed by atoms with Crippen molar-refractivity contribution in [3.8, 4) is 17.6 Å². The zero-order chi connectivity index (χ0) is 25.5. The molecule has 8 heteroatoms. The van der Waals surface area contributed by atoms with E-state index in [4.69, 9.17) is 9.47 Å². The highest BCUT2D eigenvalue weighted by atomic mass is 16.5. The summed E-state index contributed by atoms with van der Waals surface area (Å²) in [5, 5.41) is 12.5. The summed E-state index contributed by atoms with van der Waals surface area (Å²) >= 11 is 0. The Hall–Kier alpha value is -4.90. The van der Waals surface area contributed by atoms with Crippen molar-refractivity contribution >= 4 is 17.7 Å². The average molecular weight is 481 g/mol. The highest BCUT2D eigenvalue weighted by Crippen LogP contribution is 2.28. The number of nitrogens with zero attached hydrogens (tertiary/aromatic N) is 3. The quantitative estimate of drug-likeness (QED) is 0.356. The number of ether oxygens (including phenoxy) is 2. The first kappa shape index (κ1) is 24.2. The SMILES string of the molecule is Cc1c(C#N)c(NC(=O)COC(=O)c2ccccc2Oc2cccnc2)n(Cc2ccccc2)c1C. The van der Waals surface area contributed by atoms with Crippen molar-refractivity contribution in [2.24, 2.45) is 0 Å². The van der Waals surface area contributed by atoms with Crippen molar-refractivity contribution in [2.45, 2.75) is 20.4 Å². The number of nitriles is 1. The smallest absolute Gasteiger partial charge is 0.342 e. The maximum Gasteiger partial charge on any atom is 0.342 e. The molecular weight excluding hydrogens is 456 g/mol. The van der Waals surface area contributed by atoms with E-state index in [-0.39, 0.29) is 11.3 Å². The highest BCUT2D eigenvalue weighted by Gasteiger charge is 2.21. The lowest BCUT2D eigenvalue weighted by Gasteiger charge is -2.14. The topological polar surface area (TPSA) is 106 Å². The molecule has 0 fully saturated rings. The predicted octanol–water partition coefficient (Wildman–Crippen LogP) is 5.01. The Balaban J connectivity index is 1.47. The molecule has 0 unspecified atom stereocenters. The van der Waals surface area contributed by atoms with Crippen LogP contribution in [0.3, 0.4) is 0 Å². The van der Waals surface area contributed by atoms with Crippen LogP contribution in [0.4, 0.5) is 5.82 Å². The Labute approximate surface area is 208 Å². The molecule has 1 amide bonds. The summed E-state index contributed by atoms with van der Waals surface area (Å²) in [5.41, 5.74) is 3.21. The van der Waals surface area contributed by atoms with E-state index in [2.05, 4.69) is 16.4 Å². The fourth-order valence-electron chi connectivity index (χ4n) is 3.73. The maximum absolute atomic E-state index is 12.8. The molecule has 0 aliphatic carbocycles. The van der Waals surface area contributed by atoms with E-state index in [1.165, 1.54) is 6.20 Å². The summed E-state index contributed by atoms with van der Waals surface area (Å²) in [6.07, 6.45) is 3.14. The van der Waals surface area contributed by atoms with Crippen LogP contribution >= 0.6 is 0 Å². The number of carbonyl (C=O) groups is 2. The monoisotopic (exact) mass is 480 g/mol. The number of anilines is 1. The van der Waals surface area contributed by atoms with E-state index in [1.807, 2.05) is 48.7 Å². The van der Waals surface area contributed by atoms with E-state index < -0.39 is 18.5 Å². The van der Waals surface area contributed by atoms with E-state index in [0.29, 0.717) is 23.7 Å². The molecule has 0 radical (unpaired) electrons. The number of benzene rings is 2. The molecule has 0 aliphatic heterocycles. The molecule has 0 saturated carbocycles. The van der Waals surface area contributed by atoms with Crippen molar-refractivity contribution in [1.82, 2.24) is 9.55 Å². The molecule has 0 aliphatic rings. The Morgan fingerprint density at radius 1 is 1.03 bits per heavy atom. The number of rotatable bonds is 8. The minimum Gasteiger partial charge on any atom is -0.455 e. The predicted molar refractivity (Wildman–Crippen MR) is 134 cm³/mol. The van der Waals surface area contributed by atoms with Gasteiger partial charge in [-0.1, -0.05) is 42.5 Å². The van der Waals surface area contributed by atoms with Crippen molar-refractivity contribution in [3.63, 3.8) is 0 Å². The van der Waals surface area contributed by atoms with Gasteiger partial charge in [-0.05, 0) is 49.2 Å². The molecule has 2 heterocycles. The van der Waals surface area contributed by atoms with Gasteiger partial charge in [-0.3, -0.25) is 9.78 Å². The van der Waals surface area contributed by atoms with Crippen LogP contribution in [0.1, 0.15) is 32.7 Å². The fraction of sp³-hybridized carbons (Fsp3) is 0.143. The molecule has 2 aromatic heterocycles. The summed E-state index contributed by atoms with van der Waals surface area (Å²) in [6.45, 7) is 3.68. The molecular formula is C28H24N4O4. The Morgan fingerprint density at radius 3 is 2.50 bits per heavy atom. The van der Waals surface area contributed by atoms with Crippen LogP contribution in [0, 0.1) is 25.2 Å². The summed E-state index contributed by atoms with van der Waals surface area (Å²) in [5.74, 6) is -0.151. The largest absolute Gasteiger partial charge is 0.455 e. The lowest BCUT2D eigenvalue weighted by molar-refractivity contribution is -0.119. The standard InChI is InChI=1S/C28H24N4O4/c1-19-20(2)32(17-21-9-4-3-5-10-21)27(24(19)15-29)31-26(33)18-35-28(34)23-12-6-7-13-25(23)36-22-11-8-14-30-16-22/h3-14,16H,17-18H2,1-2H3,(H,31,33). The third kappa shape index (κ3) is 5.42. The molecule has 0 atom stereocenters. The highest BCUT2D eigenvalue weighted by molar-refractivity contribution is 5.97. The zero-order valence-electron chi connectivity index (χ0n) is 19.9. The van der Waals surface area contributed by atoms with E-state index >= 15 is 0 Å². The molecule has 4 rings (SSSR count). The van der Waals surface area contributed by atoms with Crippen LogP contribution in [0.5, 0.6) is 11.5 Å². The van der Waals surface area contributed by atoms with Gasteiger partial charge in [-0.25, -0.2) is 4.79 Å². The number of esters is 1. The number of amides is 1. The molecule has 0 spiro atoms. The van der Waals surface area contributed by atoms with E-state index in [0.717, 1.165) is 16.8 Å². The second-order valence-electron chi connectivity index (χ2n) is 8.03. The first-order valence-corrected chi connectivity index (χ1v) is 11.3. The summed E-state index contributed by atoms with van der Waals surface area (Å²) < 4.78 is 12.9. The van der Waals surface area contributed by atoms with Gasteiger partial charge in [-0.2, -0.15) is 5.26 Å². The van der Waals surface area contributed by atoms with Crippen LogP contribution in [-0.4, -0.2) is 28.0 Å². The molecule has 1 N–H and O–H groups in total. The van der Waals surface area contributed by atoms with Gasteiger partial charge in [0.25, 0.3) is 5.91 Å². The molecule has 0 bridgehead atoms. The maximum atomic E-state index is 12.8. The first-order valence-electron chi connectivity index (χ1n) is 11.3. The lowest BCUT2D eigenvalue weighted by atomic mass is 10.2. The molecule has 8 nitrogen and oxygen atoms in total. The van der Waals surface area contributed by atoms with Crippen LogP contribution < -0.4 is 10.1 Å². The lowest BCUT2D eigenvalue weighted by Crippen LogP contribution is -2.23. The number of aromatic nitrogens is 2. The van der Waals surface area contributed by atoms with Gasteiger partial charge >= 0.3 is 5.97 Å². The van der Waals surface area contributed by atoms with Gasteiger partial charge < -0.3 is 19.4 Å². The number of nitrogens with one attached hydrogen (secondary N) is 1. The zero-order valence-corrected chi connectivity index (χ0v) is 19.9. The number of carbonyl (C=O) groups excluding carboxylic acids is 2. The summed E-state index contributed by atoms with van der Waals surface area (Å²) in [6, 6.07) is 21.9. The number of hydrogen-bond acceptors (Lipinski definition) is 6. The van der Waals surface area contributed by atoms with Gasteiger partial charge in [0, 0.05) is 18.4 Å². The average Bonchev–Trinajstić information content (AvgIpc) is 3.12. The normalized spacial score (nSPS) is 10.4. The van der Waals surface area contributed by atoms with Crippen molar-refractivity contribution < 1.29 is 19.1 Å². The Kier molecular flexibility index (Phi) is 7.42. The van der Waals surface area contributed by atoms with Gasteiger partial charge in [0.2, 0.25) is 0 Å². The molecule has 0 saturated heterocycles. The minimum atomic E-state index is -0.711. The number of pyridine rings is 1. The Bertz CT molecular complexity index is 1420. The third-order valence-electron chi connectivity index (χ3n) is 5.69. The van der Waals surface area contributed by atoms with Crippen LogP contribution in [-0.2, 0) is 16.1 Å². The second kappa shape index (κ2) is 11.0. The molecule has 180 valence electrons. The summed E-state index contributed by atoms with van der Waals surface area (Å²) in [4.78, 5) is 29.5. The minimum absolute atomic E-state index is 0.172. The summed E-state index contributed by atoms with van der Waals surface area (Å²) in [7, 11) is 0. The first-order chi connectivity index (χ1) is 17.5. The van der Waals surface area contributed by atoms with Crippen LogP contribution in [0.15, 0.2) is 79.1 Å². The second-order valence-corrected chi connectivity index (χ2v) is 8.03. The number of hydrogen-bond donors (Lipinski definition) is 1. The molecule has 36 heavy (non-hydrogen) atoms. The fourth-order valence-corrected chi connectivity index (χ4v) is 3.73.